The molecule has 0 bridgehead atoms. The van der Waals surface area contributed by atoms with Crippen LogP contribution in [0.2, 0.25) is 0 Å². The summed E-state index contributed by atoms with van der Waals surface area (Å²) in [7, 11) is 0. The molecule has 5 heteroatoms. The van der Waals surface area contributed by atoms with Crippen molar-refractivity contribution in [3.63, 3.8) is 0 Å². The van der Waals surface area contributed by atoms with Gasteiger partial charge in [-0.1, -0.05) is 20.8 Å². The van der Waals surface area contributed by atoms with E-state index in [1.165, 1.54) is 0 Å². The number of pyridine rings is 1. The van der Waals surface area contributed by atoms with Gasteiger partial charge in [0, 0.05) is 31.8 Å². The molecule has 1 aliphatic rings. The second-order valence-electron chi connectivity index (χ2n) is 7.34. The number of hydrogen-bond acceptors (Lipinski definition) is 4. The average Bonchev–Trinajstić information content (AvgIpc) is 3.13. The van der Waals surface area contributed by atoms with E-state index in [2.05, 4.69) is 37.1 Å². The van der Waals surface area contributed by atoms with Gasteiger partial charge in [-0.2, -0.15) is 5.26 Å². The summed E-state index contributed by atoms with van der Waals surface area (Å²) < 4.78 is 7.91. The minimum Gasteiger partial charge on any atom is -0.377 e. The molecule has 1 aliphatic heterocycles. The Labute approximate surface area is 137 Å². The van der Waals surface area contributed by atoms with Gasteiger partial charge in [-0.25, -0.2) is 4.98 Å². The molecule has 3 rings (SSSR count). The van der Waals surface area contributed by atoms with Gasteiger partial charge in [0.05, 0.1) is 23.6 Å². The van der Waals surface area contributed by atoms with Crippen molar-refractivity contribution >= 4 is 5.65 Å². The highest BCUT2D eigenvalue weighted by molar-refractivity contribution is 5.44. The van der Waals surface area contributed by atoms with Crippen LogP contribution < -0.4 is 5.32 Å². The van der Waals surface area contributed by atoms with Crippen molar-refractivity contribution < 1.29 is 4.74 Å². The summed E-state index contributed by atoms with van der Waals surface area (Å²) in [4.78, 5) is 4.39. The lowest BCUT2D eigenvalue weighted by atomic mass is 9.81. The summed E-state index contributed by atoms with van der Waals surface area (Å²) in [6, 6.07) is 5.85. The lowest BCUT2D eigenvalue weighted by molar-refractivity contribution is 0.00719. The van der Waals surface area contributed by atoms with Crippen LogP contribution in [0.15, 0.2) is 24.5 Å². The van der Waals surface area contributed by atoms with Crippen LogP contribution in [-0.2, 0) is 11.3 Å². The fourth-order valence-corrected chi connectivity index (χ4v) is 3.41. The lowest BCUT2D eigenvalue weighted by Gasteiger charge is -2.31. The first-order valence-corrected chi connectivity index (χ1v) is 8.17. The van der Waals surface area contributed by atoms with E-state index in [1.807, 2.05) is 22.9 Å². The molecule has 0 saturated carbocycles. The number of hydrogen-bond donors (Lipinski definition) is 1. The zero-order valence-electron chi connectivity index (χ0n) is 14.0. The van der Waals surface area contributed by atoms with E-state index in [9.17, 15) is 0 Å². The Morgan fingerprint density at radius 3 is 3.00 bits per heavy atom. The van der Waals surface area contributed by atoms with E-state index in [0.717, 1.165) is 37.5 Å². The molecule has 2 atom stereocenters. The van der Waals surface area contributed by atoms with Crippen molar-refractivity contribution in [1.82, 2.24) is 14.7 Å². The van der Waals surface area contributed by atoms with E-state index in [-0.39, 0.29) is 5.41 Å². The molecule has 3 heterocycles. The van der Waals surface area contributed by atoms with Gasteiger partial charge in [0.15, 0.2) is 0 Å². The zero-order valence-corrected chi connectivity index (χ0v) is 14.0. The number of imidazole rings is 1. The topological polar surface area (TPSA) is 62.3 Å². The second kappa shape index (κ2) is 6.31. The van der Waals surface area contributed by atoms with E-state index in [1.54, 1.807) is 6.07 Å². The fraction of sp³-hybridized carbons (Fsp3) is 0.556. The van der Waals surface area contributed by atoms with Crippen LogP contribution in [0.1, 0.15) is 38.4 Å². The van der Waals surface area contributed by atoms with Crippen molar-refractivity contribution in [3.05, 3.63) is 35.8 Å². The van der Waals surface area contributed by atoms with Gasteiger partial charge in [-0.15, -0.1) is 0 Å². The van der Waals surface area contributed by atoms with Crippen LogP contribution >= 0.6 is 0 Å². The first-order chi connectivity index (χ1) is 11.0. The van der Waals surface area contributed by atoms with Crippen molar-refractivity contribution in [2.24, 2.45) is 11.3 Å². The molecule has 0 aromatic carbocycles. The van der Waals surface area contributed by atoms with Crippen molar-refractivity contribution in [2.45, 2.75) is 39.8 Å². The first kappa shape index (κ1) is 16.0. The van der Waals surface area contributed by atoms with Gasteiger partial charge in [0.2, 0.25) is 0 Å². The van der Waals surface area contributed by atoms with Crippen molar-refractivity contribution in [3.8, 4) is 6.07 Å². The highest BCUT2D eigenvalue weighted by Crippen LogP contribution is 2.34. The van der Waals surface area contributed by atoms with Crippen LogP contribution in [-0.4, -0.2) is 28.6 Å². The predicted octanol–water partition coefficient (Wildman–Crippen LogP) is 2.75. The minimum atomic E-state index is 0.174. The van der Waals surface area contributed by atoms with Crippen molar-refractivity contribution in [1.29, 1.82) is 5.26 Å². The number of rotatable bonds is 4. The molecule has 0 spiro atoms. The molecule has 0 amide bonds. The van der Waals surface area contributed by atoms with Crippen molar-refractivity contribution in [2.75, 3.05) is 13.2 Å². The quantitative estimate of drug-likeness (QED) is 0.943. The summed E-state index contributed by atoms with van der Waals surface area (Å²) in [5, 5.41) is 12.6. The van der Waals surface area contributed by atoms with Gasteiger partial charge in [-0.05, 0) is 24.0 Å². The predicted molar refractivity (Wildman–Crippen MR) is 88.9 cm³/mol. The second-order valence-corrected chi connectivity index (χ2v) is 7.34. The SMILES string of the molecule is CC(C)(C)[C@H]1OCC[C@@H]1CNCc1cnc2ccc(C#N)cn12. The van der Waals surface area contributed by atoms with Gasteiger partial charge in [-0.3, -0.25) is 0 Å². The summed E-state index contributed by atoms with van der Waals surface area (Å²) in [5.74, 6) is 0.545. The molecule has 1 N–H and O–H groups in total. The van der Waals surface area contributed by atoms with E-state index < -0.39 is 0 Å². The maximum Gasteiger partial charge on any atom is 0.137 e. The molecule has 2 aromatic heterocycles. The zero-order chi connectivity index (χ0) is 16.4. The number of nitrogens with zero attached hydrogens (tertiary/aromatic N) is 3. The van der Waals surface area contributed by atoms with Gasteiger partial charge < -0.3 is 14.5 Å². The molecule has 1 saturated heterocycles. The maximum absolute atomic E-state index is 9.04. The number of nitrogens with one attached hydrogen (secondary N) is 1. The Balaban J connectivity index is 1.64. The maximum atomic E-state index is 9.04. The van der Waals surface area contributed by atoms with E-state index >= 15 is 0 Å². The highest BCUT2D eigenvalue weighted by Gasteiger charge is 2.36. The molecule has 5 nitrogen and oxygen atoms in total. The third kappa shape index (κ3) is 3.39. The normalized spacial score (nSPS) is 21.7. The van der Waals surface area contributed by atoms with Crippen LogP contribution in [0.5, 0.6) is 0 Å². The molecular weight excluding hydrogens is 288 g/mol. The number of nitriles is 1. The van der Waals surface area contributed by atoms with Crippen LogP contribution in [0.3, 0.4) is 0 Å². The van der Waals surface area contributed by atoms with E-state index in [0.29, 0.717) is 17.6 Å². The number of ether oxygens (including phenoxy) is 1. The third-order valence-electron chi connectivity index (χ3n) is 4.49. The van der Waals surface area contributed by atoms with Crippen LogP contribution in [0.4, 0.5) is 0 Å². The third-order valence-corrected chi connectivity index (χ3v) is 4.49. The highest BCUT2D eigenvalue weighted by atomic mass is 16.5. The van der Waals surface area contributed by atoms with E-state index in [4.69, 9.17) is 10.00 Å². The Morgan fingerprint density at radius 1 is 1.43 bits per heavy atom. The largest absolute Gasteiger partial charge is 0.377 e. The monoisotopic (exact) mass is 312 g/mol. The Hall–Kier alpha value is -1.90. The molecule has 23 heavy (non-hydrogen) atoms. The number of fused-ring (bicyclic) bond motifs is 1. The Bertz CT molecular complexity index is 723. The lowest BCUT2D eigenvalue weighted by Crippen LogP contribution is -2.36. The smallest absolute Gasteiger partial charge is 0.137 e. The van der Waals surface area contributed by atoms with Crippen LogP contribution in [0.25, 0.3) is 5.65 Å². The molecule has 0 radical (unpaired) electrons. The minimum absolute atomic E-state index is 0.174. The summed E-state index contributed by atoms with van der Waals surface area (Å²) in [6.45, 7) is 9.25. The van der Waals surface area contributed by atoms with Gasteiger partial charge >= 0.3 is 0 Å². The molecule has 0 aliphatic carbocycles. The molecule has 122 valence electrons. The van der Waals surface area contributed by atoms with Gasteiger partial charge in [0.1, 0.15) is 11.7 Å². The molecule has 0 unspecified atom stereocenters. The average molecular weight is 312 g/mol. The summed E-state index contributed by atoms with van der Waals surface area (Å²) in [6.07, 6.45) is 5.13. The Kier molecular flexibility index (Phi) is 4.38. The standard InChI is InChI=1S/C18H24N4O/c1-18(2,3)17-14(6-7-23-17)9-20-10-15-11-21-16-5-4-13(8-19)12-22(15)16/h4-5,11-12,14,17,20H,6-7,9-10H2,1-3H3/t14-,17+/m1/s1. The number of aromatic nitrogens is 2. The fourth-order valence-electron chi connectivity index (χ4n) is 3.41. The molecule has 1 fully saturated rings. The van der Waals surface area contributed by atoms with Crippen LogP contribution in [0, 0.1) is 22.7 Å². The summed E-state index contributed by atoms with van der Waals surface area (Å²) in [5.41, 5.74) is 2.77. The Morgan fingerprint density at radius 2 is 2.26 bits per heavy atom. The summed E-state index contributed by atoms with van der Waals surface area (Å²) >= 11 is 0. The van der Waals surface area contributed by atoms with Gasteiger partial charge in [0.25, 0.3) is 0 Å². The molecule has 2 aromatic rings. The molecular formula is C18H24N4O. The first-order valence-electron chi connectivity index (χ1n) is 8.17.